The Bertz CT molecular complexity index is 328. The van der Waals surface area contributed by atoms with Crippen molar-refractivity contribution in [3.63, 3.8) is 0 Å². The predicted octanol–water partition coefficient (Wildman–Crippen LogP) is -0.206. The minimum atomic E-state index is 0.592. The summed E-state index contributed by atoms with van der Waals surface area (Å²) in [5, 5.41) is 7.66. The highest BCUT2D eigenvalue weighted by Crippen LogP contribution is 1.98. The van der Waals surface area contributed by atoms with Crippen LogP contribution in [-0.2, 0) is 13.6 Å². The van der Waals surface area contributed by atoms with E-state index in [0.29, 0.717) is 6.54 Å². The van der Waals surface area contributed by atoms with Crippen molar-refractivity contribution >= 4 is 5.96 Å². The van der Waals surface area contributed by atoms with E-state index in [4.69, 9.17) is 0 Å². The molecule has 0 atom stereocenters. The lowest BCUT2D eigenvalue weighted by Crippen LogP contribution is -2.35. The minimum absolute atomic E-state index is 0.592. The lowest BCUT2D eigenvalue weighted by molar-refractivity contribution is 0.478. The summed E-state index contributed by atoms with van der Waals surface area (Å²) in [4.78, 5) is 8.45. The van der Waals surface area contributed by atoms with Gasteiger partial charge in [-0.3, -0.25) is 4.68 Å². The molecule has 1 aromatic rings. The molecule has 0 bridgehead atoms. The monoisotopic (exact) mass is 210 g/mol. The minimum Gasteiger partial charge on any atom is -0.349 e. The third kappa shape index (κ3) is 2.93. The fourth-order valence-corrected chi connectivity index (χ4v) is 1.29. The zero-order valence-electron chi connectivity index (χ0n) is 9.97. The number of hydrogen-bond acceptors (Lipinski definition) is 3. The van der Waals surface area contributed by atoms with Gasteiger partial charge in [0, 0.05) is 35.2 Å². The van der Waals surface area contributed by atoms with E-state index in [2.05, 4.69) is 15.3 Å². The van der Waals surface area contributed by atoms with Gasteiger partial charge < -0.3 is 9.80 Å². The van der Waals surface area contributed by atoms with E-state index < -0.39 is 0 Å². The van der Waals surface area contributed by atoms with Gasteiger partial charge in [-0.15, -0.1) is 5.10 Å². The van der Waals surface area contributed by atoms with E-state index in [1.807, 2.05) is 45.0 Å². The standard InChI is InChI=1S/C9H18N6/c1-13(2)9(14(3)4)10-6-8-7-11-12-15(8)5/h7H,6H2,1-5H3. The Hall–Kier alpha value is -1.59. The van der Waals surface area contributed by atoms with E-state index in [1.54, 1.807) is 10.9 Å². The first kappa shape index (κ1) is 11.5. The molecular formula is C9H18N6. The van der Waals surface area contributed by atoms with Crippen LogP contribution >= 0.6 is 0 Å². The van der Waals surface area contributed by atoms with Gasteiger partial charge in [-0.05, 0) is 0 Å². The molecule has 0 saturated carbocycles. The van der Waals surface area contributed by atoms with Crippen LogP contribution in [0.15, 0.2) is 11.2 Å². The number of aromatic nitrogens is 3. The topological polar surface area (TPSA) is 49.6 Å². The maximum atomic E-state index is 4.49. The molecule has 0 radical (unpaired) electrons. The van der Waals surface area contributed by atoms with Crippen molar-refractivity contribution in [3.05, 3.63) is 11.9 Å². The van der Waals surface area contributed by atoms with Crippen molar-refractivity contribution in [1.29, 1.82) is 0 Å². The number of guanidine groups is 1. The lowest BCUT2D eigenvalue weighted by Gasteiger charge is -2.22. The third-order valence-corrected chi connectivity index (χ3v) is 1.99. The van der Waals surface area contributed by atoms with Crippen LogP contribution in [0.5, 0.6) is 0 Å². The molecule has 0 aliphatic rings. The molecule has 1 aromatic heterocycles. The summed E-state index contributed by atoms with van der Waals surface area (Å²) in [5.74, 6) is 0.927. The Morgan fingerprint density at radius 1 is 1.33 bits per heavy atom. The molecule has 0 aliphatic carbocycles. The van der Waals surface area contributed by atoms with Gasteiger partial charge in [0.1, 0.15) is 0 Å². The fraction of sp³-hybridized carbons (Fsp3) is 0.667. The van der Waals surface area contributed by atoms with E-state index in [-0.39, 0.29) is 0 Å². The second-order valence-electron chi connectivity index (χ2n) is 3.75. The molecule has 0 amide bonds. The van der Waals surface area contributed by atoms with Crippen LogP contribution in [0.4, 0.5) is 0 Å². The maximum absolute atomic E-state index is 4.49. The van der Waals surface area contributed by atoms with E-state index in [9.17, 15) is 0 Å². The highest BCUT2D eigenvalue weighted by atomic mass is 15.4. The van der Waals surface area contributed by atoms with Crippen LogP contribution in [0.2, 0.25) is 0 Å². The van der Waals surface area contributed by atoms with Gasteiger partial charge in [0.25, 0.3) is 0 Å². The first-order chi connectivity index (χ1) is 7.02. The molecule has 0 spiro atoms. The quantitative estimate of drug-likeness (QED) is 0.501. The van der Waals surface area contributed by atoms with Gasteiger partial charge in [-0.25, -0.2) is 4.99 Å². The molecule has 6 nitrogen and oxygen atoms in total. The Kier molecular flexibility index (Phi) is 3.65. The highest BCUT2D eigenvalue weighted by molar-refractivity contribution is 5.79. The zero-order valence-corrected chi connectivity index (χ0v) is 9.97. The Morgan fingerprint density at radius 3 is 2.33 bits per heavy atom. The van der Waals surface area contributed by atoms with Crippen molar-refractivity contribution in [2.24, 2.45) is 12.0 Å². The van der Waals surface area contributed by atoms with Crippen molar-refractivity contribution in [2.45, 2.75) is 6.54 Å². The van der Waals surface area contributed by atoms with Crippen LogP contribution in [0.3, 0.4) is 0 Å². The van der Waals surface area contributed by atoms with Crippen LogP contribution in [0.1, 0.15) is 5.69 Å². The average Bonchev–Trinajstić information content (AvgIpc) is 2.51. The van der Waals surface area contributed by atoms with E-state index in [0.717, 1.165) is 11.7 Å². The van der Waals surface area contributed by atoms with Crippen LogP contribution in [0, 0.1) is 0 Å². The van der Waals surface area contributed by atoms with Crippen LogP contribution < -0.4 is 0 Å². The Labute approximate surface area is 90.2 Å². The van der Waals surface area contributed by atoms with E-state index >= 15 is 0 Å². The first-order valence-electron chi connectivity index (χ1n) is 4.75. The van der Waals surface area contributed by atoms with Gasteiger partial charge in [0.15, 0.2) is 5.96 Å². The number of aliphatic imine (C=N–C) groups is 1. The third-order valence-electron chi connectivity index (χ3n) is 1.99. The second-order valence-corrected chi connectivity index (χ2v) is 3.75. The normalized spacial score (nSPS) is 9.93. The molecule has 0 N–H and O–H groups in total. The largest absolute Gasteiger partial charge is 0.349 e. The molecule has 84 valence electrons. The molecule has 6 heteroatoms. The Balaban J connectivity index is 2.74. The molecule has 0 saturated heterocycles. The summed E-state index contributed by atoms with van der Waals surface area (Å²) in [7, 11) is 9.75. The van der Waals surface area contributed by atoms with Crippen molar-refractivity contribution < 1.29 is 0 Å². The van der Waals surface area contributed by atoms with Gasteiger partial charge >= 0.3 is 0 Å². The van der Waals surface area contributed by atoms with Crippen LogP contribution in [-0.4, -0.2) is 58.9 Å². The number of aryl methyl sites for hydroxylation is 1. The molecule has 0 aliphatic heterocycles. The number of rotatable bonds is 2. The summed E-state index contributed by atoms with van der Waals surface area (Å²) in [6, 6.07) is 0. The van der Waals surface area contributed by atoms with Gasteiger partial charge in [0.2, 0.25) is 0 Å². The summed E-state index contributed by atoms with van der Waals surface area (Å²) in [6.07, 6.45) is 1.73. The smallest absolute Gasteiger partial charge is 0.195 e. The summed E-state index contributed by atoms with van der Waals surface area (Å²) < 4.78 is 1.73. The molecule has 15 heavy (non-hydrogen) atoms. The van der Waals surface area contributed by atoms with Gasteiger partial charge in [0.05, 0.1) is 18.4 Å². The molecular weight excluding hydrogens is 192 g/mol. The predicted molar refractivity (Wildman–Crippen MR) is 59.5 cm³/mol. The highest BCUT2D eigenvalue weighted by Gasteiger charge is 2.05. The SMILES string of the molecule is CN(C)C(=NCc1cnnn1C)N(C)C. The zero-order chi connectivity index (χ0) is 11.4. The first-order valence-corrected chi connectivity index (χ1v) is 4.75. The van der Waals surface area contributed by atoms with Crippen molar-refractivity contribution in [2.75, 3.05) is 28.2 Å². The van der Waals surface area contributed by atoms with Crippen molar-refractivity contribution in [3.8, 4) is 0 Å². The molecule has 1 rings (SSSR count). The summed E-state index contributed by atoms with van der Waals surface area (Å²) in [6.45, 7) is 0.592. The number of hydrogen-bond donors (Lipinski definition) is 0. The maximum Gasteiger partial charge on any atom is 0.195 e. The average molecular weight is 210 g/mol. The molecule has 1 heterocycles. The molecule has 0 aromatic carbocycles. The number of nitrogens with zero attached hydrogens (tertiary/aromatic N) is 6. The second kappa shape index (κ2) is 4.77. The summed E-state index contributed by atoms with van der Waals surface area (Å²) >= 11 is 0. The molecule has 0 unspecified atom stereocenters. The van der Waals surface area contributed by atoms with Crippen LogP contribution in [0.25, 0.3) is 0 Å². The van der Waals surface area contributed by atoms with E-state index in [1.165, 1.54) is 0 Å². The fourth-order valence-electron chi connectivity index (χ4n) is 1.29. The van der Waals surface area contributed by atoms with Gasteiger partial charge in [-0.1, -0.05) is 5.21 Å². The lowest BCUT2D eigenvalue weighted by atomic mass is 10.5. The summed E-state index contributed by atoms with van der Waals surface area (Å²) in [5.41, 5.74) is 0.996. The Morgan fingerprint density at radius 2 is 1.93 bits per heavy atom. The molecule has 0 fully saturated rings. The van der Waals surface area contributed by atoms with Gasteiger partial charge in [-0.2, -0.15) is 0 Å². The van der Waals surface area contributed by atoms with Crippen molar-refractivity contribution in [1.82, 2.24) is 24.8 Å².